The lowest BCUT2D eigenvalue weighted by molar-refractivity contribution is 0.0681. The number of nitrogens with zero attached hydrogens (tertiary/aromatic N) is 5. The van der Waals surface area contributed by atoms with Gasteiger partial charge in [0.15, 0.2) is 11.5 Å². The van der Waals surface area contributed by atoms with Crippen molar-refractivity contribution in [2.45, 2.75) is 23.8 Å². The Balaban J connectivity index is 1.56. The van der Waals surface area contributed by atoms with Gasteiger partial charge in [-0.05, 0) is 37.1 Å². The zero-order chi connectivity index (χ0) is 19.9. The first-order chi connectivity index (χ1) is 13.3. The van der Waals surface area contributed by atoms with Crippen molar-refractivity contribution in [3.63, 3.8) is 0 Å². The van der Waals surface area contributed by atoms with Crippen molar-refractivity contribution in [2.75, 3.05) is 18.8 Å². The number of amides is 1. The van der Waals surface area contributed by atoms with Crippen LogP contribution in [0.1, 0.15) is 29.2 Å². The maximum absolute atomic E-state index is 13.0. The zero-order valence-electron chi connectivity index (χ0n) is 14.7. The molecule has 146 valence electrons. The first-order valence-electron chi connectivity index (χ1n) is 8.61. The van der Waals surface area contributed by atoms with E-state index in [2.05, 4.69) is 15.0 Å². The Morgan fingerprint density at radius 3 is 2.64 bits per heavy atom. The minimum Gasteiger partial charge on any atom is -0.382 e. The van der Waals surface area contributed by atoms with E-state index >= 15 is 0 Å². The van der Waals surface area contributed by atoms with Gasteiger partial charge in [0.25, 0.3) is 5.91 Å². The first kappa shape index (κ1) is 18.3. The highest BCUT2D eigenvalue weighted by Crippen LogP contribution is 2.27. The molecule has 2 N–H and O–H groups in total. The summed E-state index contributed by atoms with van der Waals surface area (Å²) in [6.45, 7) is 1.01. The third-order valence-electron chi connectivity index (χ3n) is 4.85. The molecule has 1 aliphatic heterocycles. The Bertz CT molecular complexity index is 1150. The summed E-state index contributed by atoms with van der Waals surface area (Å²) in [6, 6.07) is 4.79. The molecule has 0 saturated carbocycles. The lowest BCUT2D eigenvalue weighted by Gasteiger charge is -2.33. The molecule has 1 aromatic carbocycles. The molecule has 0 unspecified atom stereocenters. The smallest absolute Gasteiger partial charge is 0.332 e. The van der Waals surface area contributed by atoms with Gasteiger partial charge in [0.05, 0.1) is 17.3 Å². The molecule has 1 aliphatic rings. The van der Waals surface area contributed by atoms with Crippen LogP contribution < -0.4 is 5.73 Å². The second kappa shape index (κ2) is 6.82. The van der Waals surface area contributed by atoms with Crippen molar-refractivity contribution in [1.29, 1.82) is 0 Å². The summed E-state index contributed by atoms with van der Waals surface area (Å²) in [4.78, 5) is 26.5. The lowest BCUT2D eigenvalue weighted by Crippen LogP contribution is -2.40. The Kier molecular flexibility index (Phi) is 4.46. The van der Waals surface area contributed by atoms with Crippen LogP contribution in [0.2, 0.25) is 0 Å². The average Bonchev–Trinajstić information content (AvgIpc) is 3.12. The van der Waals surface area contributed by atoms with E-state index in [9.17, 15) is 17.1 Å². The van der Waals surface area contributed by atoms with Gasteiger partial charge in [0.1, 0.15) is 11.8 Å². The molecule has 28 heavy (non-hydrogen) atoms. The van der Waals surface area contributed by atoms with E-state index in [1.54, 1.807) is 11.2 Å². The fraction of sp³-hybridized carbons (Fsp3) is 0.294. The summed E-state index contributed by atoms with van der Waals surface area (Å²) in [6.07, 6.45) is 4.66. The summed E-state index contributed by atoms with van der Waals surface area (Å²) >= 11 is 0. The van der Waals surface area contributed by atoms with Crippen molar-refractivity contribution < 1.29 is 17.1 Å². The molecule has 3 aromatic rings. The normalized spacial score (nSPS) is 17.8. The van der Waals surface area contributed by atoms with E-state index in [1.165, 1.54) is 18.5 Å². The van der Waals surface area contributed by atoms with Crippen LogP contribution in [-0.2, 0) is 10.2 Å². The maximum Gasteiger partial charge on any atom is 0.332 e. The highest BCUT2D eigenvalue weighted by Gasteiger charge is 2.27. The predicted molar refractivity (Wildman–Crippen MR) is 98.6 cm³/mol. The van der Waals surface area contributed by atoms with Crippen LogP contribution in [0.25, 0.3) is 11.2 Å². The van der Waals surface area contributed by atoms with Gasteiger partial charge in [-0.25, -0.2) is 15.0 Å². The van der Waals surface area contributed by atoms with Crippen molar-refractivity contribution in [2.24, 2.45) is 0 Å². The second-order valence-corrected chi connectivity index (χ2v) is 7.94. The summed E-state index contributed by atoms with van der Waals surface area (Å²) in [7, 11) is -4.79. The van der Waals surface area contributed by atoms with Crippen LogP contribution in [0, 0.1) is 0 Å². The van der Waals surface area contributed by atoms with E-state index < -0.39 is 15.1 Å². The number of imidazole rings is 1. The topological polar surface area (TPSA) is 124 Å². The van der Waals surface area contributed by atoms with E-state index in [-0.39, 0.29) is 11.9 Å². The number of halogens is 1. The van der Waals surface area contributed by atoms with Crippen LogP contribution in [0.15, 0.2) is 41.8 Å². The number of piperidine rings is 1. The zero-order valence-corrected chi connectivity index (χ0v) is 15.5. The van der Waals surface area contributed by atoms with Gasteiger partial charge in [-0.3, -0.25) is 4.79 Å². The molecule has 2 aromatic heterocycles. The number of carbonyl (C=O) groups is 1. The third-order valence-corrected chi connectivity index (χ3v) is 5.68. The van der Waals surface area contributed by atoms with Gasteiger partial charge >= 0.3 is 10.2 Å². The maximum atomic E-state index is 13.0. The molecule has 0 aliphatic carbocycles. The number of hydrogen-bond donors (Lipinski definition) is 1. The summed E-state index contributed by atoms with van der Waals surface area (Å²) in [5.74, 6) is 0.0569. The molecule has 0 spiro atoms. The monoisotopic (exact) mass is 404 g/mol. The molecule has 1 amide bonds. The molecule has 1 atom stereocenters. The predicted octanol–water partition coefficient (Wildman–Crippen LogP) is 1.54. The molecule has 11 heteroatoms. The van der Waals surface area contributed by atoms with Gasteiger partial charge < -0.3 is 15.2 Å². The number of benzene rings is 1. The Hall–Kier alpha value is -3.08. The summed E-state index contributed by atoms with van der Waals surface area (Å²) in [5.41, 5.74) is 7.27. The Morgan fingerprint density at radius 1 is 1.18 bits per heavy atom. The van der Waals surface area contributed by atoms with Crippen molar-refractivity contribution >= 4 is 33.1 Å². The fourth-order valence-corrected chi connectivity index (χ4v) is 3.91. The van der Waals surface area contributed by atoms with Gasteiger partial charge in [0, 0.05) is 18.7 Å². The number of anilines is 1. The number of fused-ring (bicyclic) bond motifs is 1. The SMILES string of the molecule is Nc1ncnc2c1ncn2[C@@H]1CCCN(C(=O)c2ccc(S(=O)(=O)F)cc2)C1. The molecule has 9 nitrogen and oxygen atoms in total. The number of rotatable bonds is 3. The number of nitrogen functional groups attached to an aromatic ring is 1. The number of likely N-dealkylation sites (tertiary alicyclic amines) is 1. The van der Waals surface area contributed by atoms with Crippen molar-refractivity contribution in [1.82, 2.24) is 24.4 Å². The van der Waals surface area contributed by atoms with Gasteiger partial charge in [0.2, 0.25) is 0 Å². The van der Waals surface area contributed by atoms with Crippen LogP contribution >= 0.6 is 0 Å². The second-order valence-electron chi connectivity index (χ2n) is 6.59. The Labute approximate surface area is 160 Å². The summed E-state index contributed by atoms with van der Waals surface area (Å²) in [5, 5.41) is 0. The molecular weight excluding hydrogens is 387 g/mol. The first-order valence-corrected chi connectivity index (χ1v) is 10.00. The van der Waals surface area contributed by atoms with Crippen LogP contribution in [-0.4, -0.2) is 51.8 Å². The molecule has 4 rings (SSSR count). The van der Waals surface area contributed by atoms with Gasteiger partial charge in [-0.2, -0.15) is 8.42 Å². The van der Waals surface area contributed by atoms with E-state index in [0.717, 1.165) is 25.0 Å². The largest absolute Gasteiger partial charge is 0.382 e. The highest BCUT2D eigenvalue weighted by atomic mass is 32.3. The number of hydrogen-bond acceptors (Lipinski definition) is 7. The van der Waals surface area contributed by atoms with E-state index in [4.69, 9.17) is 5.73 Å². The van der Waals surface area contributed by atoms with E-state index in [1.807, 2.05) is 4.57 Å². The molecular formula is C17H17FN6O3S. The van der Waals surface area contributed by atoms with Crippen LogP contribution in [0.3, 0.4) is 0 Å². The molecule has 0 bridgehead atoms. The fourth-order valence-electron chi connectivity index (χ4n) is 3.45. The van der Waals surface area contributed by atoms with Gasteiger partial charge in [-0.15, -0.1) is 3.89 Å². The third kappa shape index (κ3) is 3.28. The number of aromatic nitrogens is 4. The lowest BCUT2D eigenvalue weighted by atomic mass is 10.0. The molecule has 3 heterocycles. The molecule has 0 radical (unpaired) electrons. The highest BCUT2D eigenvalue weighted by molar-refractivity contribution is 7.86. The minimum absolute atomic E-state index is 0.0255. The quantitative estimate of drug-likeness (QED) is 0.657. The number of carbonyl (C=O) groups excluding carboxylic acids is 1. The minimum atomic E-state index is -4.79. The molecule has 1 fully saturated rings. The molecule has 1 saturated heterocycles. The Morgan fingerprint density at radius 2 is 1.93 bits per heavy atom. The standard InChI is InChI=1S/C17H17FN6O3S/c18-28(26,27)13-5-3-11(4-6-13)17(25)23-7-1-2-12(8-23)24-10-22-14-15(19)20-9-21-16(14)24/h3-6,9-10,12H,1-2,7-8H2,(H2,19,20,21)/t12-/m1/s1. The number of nitrogens with two attached hydrogens (primary N) is 1. The van der Waals surface area contributed by atoms with Crippen LogP contribution in [0.4, 0.5) is 9.70 Å². The summed E-state index contributed by atoms with van der Waals surface area (Å²) < 4.78 is 36.8. The van der Waals surface area contributed by atoms with E-state index in [0.29, 0.717) is 35.6 Å². The van der Waals surface area contributed by atoms with Crippen molar-refractivity contribution in [3.05, 3.63) is 42.5 Å². The van der Waals surface area contributed by atoms with Crippen molar-refractivity contribution in [3.8, 4) is 0 Å². The average molecular weight is 404 g/mol. The van der Waals surface area contributed by atoms with Crippen LogP contribution in [0.5, 0.6) is 0 Å². The van der Waals surface area contributed by atoms with Gasteiger partial charge in [-0.1, -0.05) is 0 Å².